The first-order valence-electron chi connectivity index (χ1n) is 3.04. The van der Waals surface area contributed by atoms with E-state index in [1.807, 2.05) is 6.92 Å². The van der Waals surface area contributed by atoms with E-state index in [2.05, 4.69) is 11.7 Å². The molecule has 0 aliphatic rings. The fraction of sp³-hybridized carbons (Fsp3) is 0.143. The number of aryl methyl sites for hydroxylation is 1. The molecule has 0 radical (unpaired) electrons. The van der Waals surface area contributed by atoms with Gasteiger partial charge in [-0.05, 0) is 30.7 Å². The minimum atomic E-state index is -3.33. The van der Waals surface area contributed by atoms with Crippen molar-refractivity contribution in [2.45, 2.75) is 11.8 Å². The first kappa shape index (κ1) is 12.3. The van der Waals surface area contributed by atoms with Crippen molar-refractivity contribution in [3.8, 4) is 0 Å². The van der Waals surface area contributed by atoms with Gasteiger partial charge in [0.05, 0.1) is 4.90 Å². The number of hydrogen-bond acceptors (Lipinski definition) is 2. The van der Waals surface area contributed by atoms with Crippen LogP contribution in [0.3, 0.4) is 0 Å². The number of rotatable bonds is 1. The maximum atomic E-state index is 10.8. The third-order valence-corrected chi connectivity index (χ3v) is 2.82. The molecule has 0 spiro atoms. The molecule has 64 valence electrons. The minimum absolute atomic E-state index is 0. The van der Waals surface area contributed by atoms with Crippen LogP contribution in [0.1, 0.15) is 5.56 Å². The zero-order chi connectivity index (χ0) is 8.48. The third kappa shape index (κ3) is 3.34. The van der Waals surface area contributed by atoms with Gasteiger partial charge in [0.15, 0.2) is 0 Å². The van der Waals surface area contributed by atoms with E-state index in [0.717, 1.165) is 5.56 Å². The molecule has 0 saturated carbocycles. The maximum Gasteiger partial charge on any atom is 0.316 e. The molecule has 1 rings (SSSR count). The van der Waals surface area contributed by atoms with Gasteiger partial charge in [-0.15, -0.1) is 0 Å². The Balaban J connectivity index is 0.00000121. The lowest BCUT2D eigenvalue weighted by atomic mass is 10.2. The molecule has 2 nitrogen and oxygen atoms in total. The molecule has 0 bridgehead atoms. The Morgan fingerprint density at radius 3 is 1.92 bits per heavy atom. The second-order valence-electron chi connectivity index (χ2n) is 2.29. The number of hydrogen-bond donors (Lipinski definition) is 1. The van der Waals surface area contributed by atoms with Gasteiger partial charge >= 0.3 is 23.1 Å². The molecule has 0 aromatic heterocycles. The van der Waals surface area contributed by atoms with Gasteiger partial charge in [-0.3, -0.25) is 0 Å². The molecule has 0 fully saturated rings. The van der Waals surface area contributed by atoms with Gasteiger partial charge in [-0.1, -0.05) is 17.7 Å². The van der Waals surface area contributed by atoms with Crippen molar-refractivity contribution in [2.24, 2.45) is 0 Å². The highest BCUT2D eigenvalue weighted by molar-refractivity contribution is 8.63. The third-order valence-electron chi connectivity index (χ3n) is 1.32. The number of thiol groups is 1. The molecule has 0 saturated heterocycles. The predicted octanol–water partition coefficient (Wildman–Crippen LogP) is 0.697. The molecule has 5 heteroatoms. The average molecular weight is 215 g/mol. The molecule has 0 unspecified atom stereocenters. The van der Waals surface area contributed by atoms with Gasteiger partial charge in [0.2, 0.25) is 8.87 Å². The molecular weight excluding hydrogens is 205 g/mol. The molecule has 0 heterocycles. The van der Waals surface area contributed by atoms with Crippen molar-refractivity contribution in [1.82, 2.24) is 0 Å². The van der Waals surface area contributed by atoms with Crippen LogP contribution >= 0.6 is 11.7 Å². The van der Waals surface area contributed by atoms with E-state index in [1.54, 1.807) is 12.1 Å². The molecule has 0 N–H and O–H groups in total. The summed E-state index contributed by atoms with van der Waals surface area (Å²) in [6, 6.07) is 6.56. The molecular formula is C7H10MgO2S2. The Bertz CT molecular complexity index is 342. The van der Waals surface area contributed by atoms with Crippen LogP contribution in [0.2, 0.25) is 0 Å². The Hall–Kier alpha value is 0.286. The first-order chi connectivity index (χ1) is 5.00. The largest absolute Gasteiger partial charge is 0.316 e. The molecule has 0 aliphatic carbocycles. The lowest BCUT2D eigenvalue weighted by molar-refractivity contribution is 0.611. The Morgan fingerprint density at radius 1 is 1.17 bits per heavy atom. The van der Waals surface area contributed by atoms with Crippen LogP contribution in [0, 0.1) is 6.92 Å². The van der Waals surface area contributed by atoms with E-state index in [-0.39, 0.29) is 27.9 Å². The van der Waals surface area contributed by atoms with Crippen molar-refractivity contribution in [1.29, 1.82) is 0 Å². The van der Waals surface area contributed by atoms with Crippen LogP contribution in [0.5, 0.6) is 0 Å². The average Bonchev–Trinajstić information content (AvgIpc) is 1.86. The zero-order valence-electron chi connectivity index (χ0n) is 5.98. The van der Waals surface area contributed by atoms with E-state index in [9.17, 15) is 8.42 Å². The predicted molar refractivity (Wildman–Crippen MR) is 55.9 cm³/mol. The summed E-state index contributed by atoms with van der Waals surface area (Å²) in [5.74, 6) is 0. The summed E-state index contributed by atoms with van der Waals surface area (Å²) in [4.78, 5) is 0.242. The summed E-state index contributed by atoms with van der Waals surface area (Å²) in [7, 11) is -3.33. The monoisotopic (exact) mass is 214 g/mol. The lowest BCUT2D eigenvalue weighted by Crippen LogP contribution is -1.89. The maximum absolute atomic E-state index is 10.8. The highest BCUT2D eigenvalue weighted by Gasteiger charge is 2.05. The lowest BCUT2D eigenvalue weighted by Gasteiger charge is -1.95. The molecule has 0 amide bonds. The van der Waals surface area contributed by atoms with Gasteiger partial charge in [-0.25, -0.2) is 8.42 Å². The van der Waals surface area contributed by atoms with Gasteiger partial charge < -0.3 is 0 Å². The molecule has 0 atom stereocenters. The summed E-state index contributed by atoms with van der Waals surface area (Å²) in [5, 5.41) is 0. The fourth-order valence-corrected chi connectivity index (χ4v) is 1.56. The van der Waals surface area contributed by atoms with Crippen LogP contribution in [-0.4, -0.2) is 31.5 Å². The summed E-state index contributed by atoms with van der Waals surface area (Å²) in [6.07, 6.45) is 0. The van der Waals surface area contributed by atoms with Crippen molar-refractivity contribution in [3.05, 3.63) is 29.8 Å². The van der Waals surface area contributed by atoms with E-state index < -0.39 is 8.87 Å². The van der Waals surface area contributed by atoms with E-state index in [0.29, 0.717) is 0 Å². The summed E-state index contributed by atoms with van der Waals surface area (Å²) in [6.45, 7) is 1.90. The molecule has 0 aliphatic heterocycles. The van der Waals surface area contributed by atoms with Crippen LogP contribution < -0.4 is 0 Å². The van der Waals surface area contributed by atoms with Crippen LogP contribution in [0.25, 0.3) is 0 Å². The minimum Gasteiger partial charge on any atom is -0.212 e. The Kier molecular flexibility index (Phi) is 4.61. The van der Waals surface area contributed by atoms with Crippen molar-refractivity contribution in [2.75, 3.05) is 0 Å². The first-order valence-corrected chi connectivity index (χ1v) is 5.58. The van der Waals surface area contributed by atoms with Gasteiger partial charge in [0, 0.05) is 0 Å². The molecule has 12 heavy (non-hydrogen) atoms. The molecule has 1 aromatic rings. The van der Waals surface area contributed by atoms with Crippen LogP contribution in [0.15, 0.2) is 29.2 Å². The second-order valence-corrected chi connectivity index (χ2v) is 5.15. The highest BCUT2D eigenvalue weighted by atomic mass is 33.1. The topological polar surface area (TPSA) is 34.1 Å². The van der Waals surface area contributed by atoms with E-state index >= 15 is 0 Å². The van der Waals surface area contributed by atoms with Gasteiger partial charge in [-0.2, -0.15) is 0 Å². The zero-order valence-corrected chi connectivity index (χ0v) is 7.69. The van der Waals surface area contributed by atoms with Gasteiger partial charge in [0.1, 0.15) is 0 Å². The van der Waals surface area contributed by atoms with Crippen molar-refractivity contribution < 1.29 is 8.42 Å². The highest BCUT2D eigenvalue weighted by Crippen LogP contribution is 2.13. The fourth-order valence-electron chi connectivity index (χ4n) is 0.710. The second kappa shape index (κ2) is 4.50. The summed E-state index contributed by atoms with van der Waals surface area (Å²) in [5.41, 5.74) is 1.03. The van der Waals surface area contributed by atoms with Crippen molar-refractivity contribution >= 4 is 43.6 Å². The van der Waals surface area contributed by atoms with Crippen LogP contribution in [0.4, 0.5) is 0 Å². The SMILES string of the molecule is Cc1ccc(S(=O)(=O)S)cc1.[MgH2]. The van der Waals surface area contributed by atoms with Crippen LogP contribution in [-0.2, 0) is 8.87 Å². The smallest absolute Gasteiger partial charge is 0.212 e. The van der Waals surface area contributed by atoms with E-state index in [1.165, 1.54) is 12.1 Å². The number of benzene rings is 1. The normalized spacial score (nSPS) is 10.5. The Labute approximate surface area is 93.2 Å². The molecule has 1 aromatic carbocycles. The standard InChI is InChI=1S/C7H8O2S2.Mg.2H/c1-6-2-4-7(5-3-6)11(8,9)10;;;/h2-5H,1H3,(H,8,9,10);;;. The van der Waals surface area contributed by atoms with Gasteiger partial charge in [0.25, 0.3) is 0 Å². The van der Waals surface area contributed by atoms with Crippen molar-refractivity contribution in [3.63, 3.8) is 0 Å². The summed E-state index contributed by atoms with van der Waals surface area (Å²) >= 11 is 3.45. The quantitative estimate of drug-likeness (QED) is 0.424. The summed E-state index contributed by atoms with van der Waals surface area (Å²) < 4.78 is 21.6. The van der Waals surface area contributed by atoms with E-state index in [4.69, 9.17) is 0 Å². The Morgan fingerprint density at radius 2 is 1.58 bits per heavy atom.